The van der Waals surface area contributed by atoms with Gasteiger partial charge in [-0.25, -0.2) is 4.79 Å². The molecule has 0 aliphatic heterocycles. The van der Waals surface area contributed by atoms with Gasteiger partial charge in [0.15, 0.2) is 0 Å². The summed E-state index contributed by atoms with van der Waals surface area (Å²) in [7, 11) is -1.64. The summed E-state index contributed by atoms with van der Waals surface area (Å²) < 4.78 is 10.9. The molecule has 4 heteroatoms. The molecule has 0 spiro atoms. The maximum absolute atomic E-state index is 11.4. The Morgan fingerprint density at radius 1 is 1.24 bits per heavy atom. The van der Waals surface area contributed by atoms with Crippen molar-refractivity contribution in [2.24, 2.45) is 0 Å². The van der Waals surface area contributed by atoms with Crippen molar-refractivity contribution < 1.29 is 14.0 Å². The first kappa shape index (κ1) is 13.5. The van der Waals surface area contributed by atoms with E-state index < -0.39 is 14.3 Å². The average Bonchev–Trinajstić information content (AvgIpc) is 2.15. The van der Waals surface area contributed by atoms with Crippen LogP contribution >= 0.6 is 0 Å². The van der Waals surface area contributed by atoms with E-state index in [1.165, 1.54) is 0 Å². The number of rotatable bonds is 4. The molecule has 0 radical (unpaired) electrons. The number of hydrogen-bond donors (Lipinski definition) is 0. The summed E-state index contributed by atoms with van der Waals surface area (Å²) in [6.45, 7) is 11.4. The molecule has 0 aromatic heterocycles. The van der Waals surface area contributed by atoms with Crippen LogP contribution in [-0.2, 0) is 4.79 Å². The van der Waals surface area contributed by atoms with Crippen molar-refractivity contribution in [3.05, 3.63) is 36.4 Å². The minimum Gasteiger partial charge on any atom is -0.544 e. The average molecular weight is 250 g/mol. The summed E-state index contributed by atoms with van der Waals surface area (Å²) >= 11 is 0. The Morgan fingerprint density at radius 2 is 1.82 bits per heavy atom. The Bertz CT molecular complexity index is 433. The van der Waals surface area contributed by atoms with Gasteiger partial charge in [0.25, 0.3) is 0 Å². The highest BCUT2D eigenvalue weighted by atomic mass is 28.4. The Morgan fingerprint density at radius 3 is 2.35 bits per heavy atom. The van der Waals surface area contributed by atoms with Crippen molar-refractivity contribution in [3.63, 3.8) is 0 Å². The van der Waals surface area contributed by atoms with Crippen LogP contribution in [0.15, 0.2) is 36.4 Å². The van der Waals surface area contributed by atoms with E-state index in [0.29, 0.717) is 11.3 Å². The second kappa shape index (κ2) is 5.18. The van der Waals surface area contributed by atoms with Crippen molar-refractivity contribution in [3.8, 4) is 11.5 Å². The van der Waals surface area contributed by atoms with E-state index in [4.69, 9.17) is 9.16 Å². The molecule has 0 unspecified atom stereocenters. The Hall–Kier alpha value is -1.55. The van der Waals surface area contributed by atoms with E-state index in [0.717, 1.165) is 5.75 Å². The molecule has 0 heterocycles. The summed E-state index contributed by atoms with van der Waals surface area (Å²) in [5, 5.41) is 0. The zero-order valence-corrected chi connectivity index (χ0v) is 11.7. The normalized spacial score (nSPS) is 10.8. The molecule has 0 aliphatic rings. The molecule has 0 aliphatic carbocycles. The molecule has 0 amide bonds. The number of ether oxygens (including phenoxy) is 1. The zero-order chi connectivity index (χ0) is 13.1. The molecule has 1 aromatic carbocycles. The van der Waals surface area contributed by atoms with E-state index >= 15 is 0 Å². The third kappa shape index (κ3) is 4.87. The monoisotopic (exact) mass is 250 g/mol. The lowest BCUT2D eigenvalue weighted by molar-refractivity contribution is -0.130. The van der Waals surface area contributed by atoms with Crippen LogP contribution in [0, 0.1) is 0 Å². The van der Waals surface area contributed by atoms with Crippen molar-refractivity contribution in [1.29, 1.82) is 0 Å². The van der Waals surface area contributed by atoms with Crippen molar-refractivity contribution >= 4 is 14.3 Å². The summed E-state index contributed by atoms with van der Waals surface area (Å²) in [6, 6.07) is 7.10. The number of esters is 1. The van der Waals surface area contributed by atoms with Crippen LogP contribution in [-0.4, -0.2) is 14.3 Å². The summed E-state index contributed by atoms with van der Waals surface area (Å²) in [5.41, 5.74) is 0.376. The van der Waals surface area contributed by atoms with E-state index in [2.05, 4.69) is 26.2 Å². The fraction of sp³-hybridized carbons (Fsp3) is 0.308. The first-order chi connectivity index (χ1) is 7.78. The Balaban J connectivity index is 2.79. The van der Waals surface area contributed by atoms with Crippen LogP contribution in [0.5, 0.6) is 11.5 Å². The van der Waals surface area contributed by atoms with Crippen LogP contribution in [0.1, 0.15) is 6.92 Å². The number of benzene rings is 1. The largest absolute Gasteiger partial charge is 0.544 e. The van der Waals surface area contributed by atoms with Gasteiger partial charge in [0.05, 0.1) is 0 Å². The van der Waals surface area contributed by atoms with E-state index in [9.17, 15) is 4.79 Å². The van der Waals surface area contributed by atoms with Gasteiger partial charge in [0, 0.05) is 11.6 Å². The summed E-state index contributed by atoms with van der Waals surface area (Å²) in [5.74, 6) is 0.792. The molecular formula is C13H18O3Si. The standard InChI is InChI=1S/C13H18O3Si/c1-10(2)13(14)15-11-7-6-8-12(9-11)16-17(3,4)5/h6-9H,1H2,2-5H3. The molecule has 0 N–H and O–H groups in total. The quantitative estimate of drug-likeness (QED) is 0.356. The van der Waals surface area contributed by atoms with Gasteiger partial charge in [-0.15, -0.1) is 0 Å². The topological polar surface area (TPSA) is 35.5 Å². The maximum Gasteiger partial charge on any atom is 0.338 e. The molecule has 17 heavy (non-hydrogen) atoms. The number of carbonyl (C=O) groups excluding carboxylic acids is 1. The highest BCUT2D eigenvalue weighted by Gasteiger charge is 2.16. The minimum absolute atomic E-state index is 0.376. The van der Waals surface area contributed by atoms with Gasteiger partial charge in [-0.3, -0.25) is 0 Å². The molecule has 0 saturated heterocycles. The van der Waals surface area contributed by atoms with Gasteiger partial charge in [-0.05, 0) is 38.7 Å². The lowest BCUT2D eigenvalue weighted by Crippen LogP contribution is -2.29. The fourth-order valence-electron chi connectivity index (χ4n) is 1.15. The lowest BCUT2D eigenvalue weighted by atomic mass is 10.3. The van der Waals surface area contributed by atoms with Gasteiger partial charge in [0.2, 0.25) is 8.32 Å². The molecular weight excluding hydrogens is 232 g/mol. The second-order valence-corrected chi connectivity index (χ2v) is 9.29. The van der Waals surface area contributed by atoms with Gasteiger partial charge >= 0.3 is 5.97 Å². The molecule has 3 nitrogen and oxygen atoms in total. The Kier molecular flexibility index (Phi) is 4.12. The summed E-state index contributed by atoms with van der Waals surface area (Å²) in [6.07, 6.45) is 0. The van der Waals surface area contributed by atoms with Crippen LogP contribution < -0.4 is 9.16 Å². The second-order valence-electron chi connectivity index (χ2n) is 4.86. The third-order valence-corrected chi connectivity index (χ3v) is 2.64. The van der Waals surface area contributed by atoms with Crippen LogP contribution in [0.4, 0.5) is 0 Å². The molecule has 0 atom stereocenters. The van der Waals surface area contributed by atoms with E-state index in [1.807, 2.05) is 6.07 Å². The van der Waals surface area contributed by atoms with Crippen LogP contribution in [0.3, 0.4) is 0 Å². The van der Waals surface area contributed by atoms with E-state index in [1.54, 1.807) is 25.1 Å². The van der Waals surface area contributed by atoms with Crippen LogP contribution in [0.2, 0.25) is 19.6 Å². The third-order valence-electron chi connectivity index (χ3n) is 1.79. The first-order valence-electron chi connectivity index (χ1n) is 5.45. The number of hydrogen-bond acceptors (Lipinski definition) is 3. The highest BCUT2D eigenvalue weighted by Crippen LogP contribution is 2.22. The van der Waals surface area contributed by atoms with Crippen molar-refractivity contribution in [2.45, 2.75) is 26.6 Å². The van der Waals surface area contributed by atoms with Gasteiger partial charge in [0.1, 0.15) is 11.5 Å². The number of carbonyl (C=O) groups is 1. The van der Waals surface area contributed by atoms with Gasteiger partial charge in [-0.2, -0.15) is 0 Å². The fourth-order valence-corrected chi connectivity index (χ4v) is 1.98. The SMILES string of the molecule is C=C(C)C(=O)Oc1cccc(O[Si](C)(C)C)c1. The predicted molar refractivity (Wildman–Crippen MR) is 70.9 cm³/mol. The van der Waals surface area contributed by atoms with Crippen LogP contribution in [0.25, 0.3) is 0 Å². The molecule has 92 valence electrons. The lowest BCUT2D eigenvalue weighted by Gasteiger charge is -2.19. The van der Waals surface area contributed by atoms with Gasteiger partial charge < -0.3 is 9.16 Å². The smallest absolute Gasteiger partial charge is 0.338 e. The maximum atomic E-state index is 11.4. The molecule has 0 bridgehead atoms. The minimum atomic E-state index is -1.64. The Labute approximate surface area is 103 Å². The first-order valence-corrected chi connectivity index (χ1v) is 8.85. The molecule has 0 fully saturated rings. The van der Waals surface area contributed by atoms with Crippen molar-refractivity contribution in [1.82, 2.24) is 0 Å². The zero-order valence-electron chi connectivity index (χ0n) is 10.7. The molecule has 1 aromatic rings. The predicted octanol–water partition coefficient (Wildman–Crippen LogP) is 3.38. The summed E-state index contributed by atoms with van der Waals surface area (Å²) in [4.78, 5) is 11.4. The van der Waals surface area contributed by atoms with E-state index in [-0.39, 0.29) is 0 Å². The van der Waals surface area contributed by atoms with Gasteiger partial charge in [-0.1, -0.05) is 12.6 Å². The highest BCUT2D eigenvalue weighted by molar-refractivity contribution is 6.70. The molecule has 1 rings (SSSR count). The molecule has 0 saturated carbocycles. The van der Waals surface area contributed by atoms with Crippen molar-refractivity contribution in [2.75, 3.05) is 0 Å².